The first-order valence-electron chi connectivity index (χ1n) is 7.73. The molecule has 0 saturated carbocycles. The third-order valence-electron chi connectivity index (χ3n) is 3.76. The van der Waals surface area contributed by atoms with Crippen LogP contribution in [0.5, 0.6) is 0 Å². The third-order valence-corrected chi connectivity index (χ3v) is 5.08. The van der Waals surface area contributed by atoms with Gasteiger partial charge in [-0.25, -0.2) is 4.39 Å². The van der Waals surface area contributed by atoms with Crippen LogP contribution in [-0.2, 0) is 9.30 Å². The van der Waals surface area contributed by atoms with Crippen LogP contribution in [0.15, 0.2) is 60.9 Å². The van der Waals surface area contributed by atoms with E-state index in [0.717, 1.165) is 11.1 Å². The summed E-state index contributed by atoms with van der Waals surface area (Å²) in [6.07, 6.45) is 1.20. The maximum atomic E-state index is 13.4. The molecule has 1 atom stereocenters. The number of hydrogen-bond donors (Lipinski definition) is 2. The Kier molecular flexibility index (Phi) is 6.43. The summed E-state index contributed by atoms with van der Waals surface area (Å²) < 4.78 is 30.3. The van der Waals surface area contributed by atoms with Crippen molar-refractivity contribution >= 4 is 30.1 Å². The largest absolute Gasteiger partial charge is 0.487 e. The zero-order valence-electron chi connectivity index (χ0n) is 14.3. The van der Waals surface area contributed by atoms with E-state index in [1.54, 1.807) is 25.1 Å². The fourth-order valence-electron chi connectivity index (χ4n) is 2.39. The normalized spacial score (nSPS) is 13.4. The third kappa shape index (κ3) is 5.29. The van der Waals surface area contributed by atoms with Gasteiger partial charge in [-0.15, -0.1) is 0 Å². The zero-order chi connectivity index (χ0) is 19.5. The standard InChI is InChI=1S/C19H19ClFO4P/c1-12(15-4-7-17(8-5-15)26(22,23)24)10-13(2)25-14(3)18-11-16(21)6-9-19(18)20/h4-11,14H,2H2,1,3H3,(H2,22,23,24)/b12-10+. The van der Waals surface area contributed by atoms with Gasteiger partial charge in [-0.1, -0.05) is 30.3 Å². The van der Waals surface area contributed by atoms with E-state index in [2.05, 4.69) is 6.58 Å². The molecule has 4 nitrogen and oxygen atoms in total. The van der Waals surface area contributed by atoms with Crippen molar-refractivity contribution in [2.45, 2.75) is 20.0 Å². The Bertz CT molecular complexity index is 887. The van der Waals surface area contributed by atoms with Crippen LogP contribution in [0.3, 0.4) is 0 Å². The number of hydrogen-bond acceptors (Lipinski definition) is 2. The highest BCUT2D eigenvalue weighted by molar-refractivity contribution is 7.60. The smallest absolute Gasteiger partial charge is 0.356 e. The van der Waals surface area contributed by atoms with Crippen LogP contribution < -0.4 is 5.30 Å². The Morgan fingerprint density at radius 2 is 1.88 bits per heavy atom. The van der Waals surface area contributed by atoms with Crippen LogP contribution >= 0.6 is 19.2 Å². The fourth-order valence-corrected chi connectivity index (χ4v) is 3.20. The fraction of sp³-hybridized carbons (Fsp3) is 0.158. The van der Waals surface area contributed by atoms with Crippen molar-refractivity contribution in [3.8, 4) is 0 Å². The van der Waals surface area contributed by atoms with E-state index in [9.17, 15) is 8.96 Å². The lowest BCUT2D eigenvalue weighted by atomic mass is 10.1. The van der Waals surface area contributed by atoms with E-state index in [-0.39, 0.29) is 5.30 Å². The second-order valence-corrected chi connectivity index (χ2v) is 7.82. The second kappa shape index (κ2) is 8.19. The quantitative estimate of drug-likeness (QED) is 0.410. The molecular weight excluding hydrogens is 378 g/mol. The Morgan fingerprint density at radius 1 is 1.27 bits per heavy atom. The lowest BCUT2D eigenvalue weighted by Gasteiger charge is -2.17. The topological polar surface area (TPSA) is 66.8 Å². The van der Waals surface area contributed by atoms with Crippen molar-refractivity contribution in [2.24, 2.45) is 0 Å². The summed E-state index contributed by atoms with van der Waals surface area (Å²) in [6, 6.07) is 10.0. The van der Waals surface area contributed by atoms with Gasteiger partial charge in [-0.2, -0.15) is 0 Å². The molecule has 1 unspecified atom stereocenters. The highest BCUT2D eigenvalue weighted by Crippen LogP contribution is 2.33. The predicted molar refractivity (Wildman–Crippen MR) is 102 cm³/mol. The molecule has 26 heavy (non-hydrogen) atoms. The van der Waals surface area contributed by atoms with Gasteiger partial charge in [0.1, 0.15) is 17.7 Å². The molecule has 0 amide bonds. The van der Waals surface area contributed by atoms with E-state index < -0.39 is 19.5 Å². The van der Waals surface area contributed by atoms with Crippen LogP contribution in [0.4, 0.5) is 4.39 Å². The van der Waals surface area contributed by atoms with E-state index in [0.29, 0.717) is 16.3 Å². The molecule has 2 N–H and O–H groups in total. The van der Waals surface area contributed by atoms with Gasteiger partial charge in [-0.05, 0) is 61.4 Å². The molecule has 0 aliphatic rings. The average molecular weight is 397 g/mol. The van der Waals surface area contributed by atoms with E-state index in [4.69, 9.17) is 26.1 Å². The van der Waals surface area contributed by atoms with Gasteiger partial charge in [0.25, 0.3) is 0 Å². The van der Waals surface area contributed by atoms with Gasteiger partial charge in [-0.3, -0.25) is 4.57 Å². The van der Waals surface area contributed by atoms with E-state index in [1.807, 2.05) is 6.92 Å². The van der Waals surface area contributed by atoms with Crippen molar-refractivity contribution in [3.05, 3.63) is 82.8 Å². The molecular formula is C19H19ClFO4P. The molecule has 0 aliphatic carbocycles. The molecule has 0 saturated heterocycles. The van der Waals surface area contributed by atoms with Gasteiger partial charge in [0.2, 0.25) is 0 Å². The Hall–Kier alpha value is -1.91. The first-order valence-corrected chi connectivity index (χ1v) is 9.72. The molecule has 0 radical (unpaired) electrons. The van der Waals surface area contributed by atoms with Crippen molar-refractivity contribution in [1.82, 2.24) is 0 Å². The molecule has 138 valence electrons. The van der Waals surface area contributed by atoms with Gasteiger partial charge in [0.05, 0.1) is 5.30 Å². The first kappa shape index (κ1) is 20.4. The Balaban J connectivity index is 2.12. The summed E-state index contributed by atoms with van der Waals surface area (Å²) in [5.74, 6) is -0.0447. The van der Waals surface area contributed by atoms with Crippen LogP contribution in [0.25, 0.3) is 5.57 Å². The number of halogens is 2. The van der Waals surface area contributed by atoms with E-state index in [1.165, 1.54) is 30.3 Å². The van der Waals surface area contributed by atoms with E-state index >= 15 is 0 Å². The van der Waals surface area contributed by atoms with Crippen molar-refractivity contribution < 1.29 is 23.5 Å². The van der Waals surface area contributed by atoms with Crippen molar-refractivity contribution in [1.29, 1.82) is 0 Å². The monoisotopic (exact) mass is 396 g/mol. The average Bonchev–Trinajstić information content (AvgIpc) is 2.56. The molecule has 2 rings (SSSR count). The summed E-state index contributed by atoms with van der Waals surface area (Å²) in [6.45, 7) is 7.39. The molecule has 0 bridgehead atoms. The minimum atomic E-state index is -4.26. The summed E-state index contributed by atoms with van der Waals surface area (Å²) in [4.78, 5) is 18.3. The van der Waals surface area contributed by atoms with Crippen molar-refractivity contribution in [2.75, 3.05) is 0 Å². The molecule has 0 spiro atoms. The van der Waals surface area contributed by atoms with Crippen LogP contribution in [-0.4, -0.2) is 9.79 Å². The summed E-state index contributed by atoms with van der Waals surface area (Å²) in [7, 11) is -4.26. The Morgan fingerprint density at radius 3 is 2.46 bits per heavy atom. The summed E-state index contributed by atoms with van der Waals surface area (Å²) in [5.41, 5.74) is 2.08. The molecule has 7 heteroatoms. The molecule has 2 aromatic carbocycles. The molecule has 2 aromatic rings. The highest BCUT2D eigenvalue weighted by atomic mass is 35.5. The molecule has 0 heterocycles. The Labute approximate surface area is 156 Å². The maximum absolute atomic E-state index is 13.4. The zero-order valence-corrected chi connectivity index (χ0v) is 16.0. The predicted octanol–water partition coefficient (Wildman–Crippen LogP) is 4.98. The van der Waals surface area contributed by atoms with Gasteiger partial charge in [0.15, 0.2) is 0 Å². The van der Waals surface area contributed by atoms with Gasteiger partial charge in [0, 0.05) is 10.6 Å². The number of ether oxygens (including phenoxy) is 1. The highest BCUT2D eigenvalue weighted by Gasteiger charge is 2.16. The number of benzene rings is 2. The SMILES string of the molecule is C=C(/C=C(\C)c1ccc(P(=O)(O)O)cc1)OC(C)c1cc(F)ccc1Cl. The minimum absolute atomic E-state index is 0.0431. The minimum Gasteiger partial charge on any atom is -0.487 e. The second-order valence-electron chi connectivity index (χ2n) is 5.81. The summed E-state index contributed by atoms with van der Waals surface area (Å²) in [5, 5.41) is 0.360. The molecule has 0 aliphatic heterocycles. The lowest BCUT2D eigenvalue weighted by molar-refractivity contribution is 0.144. The van der Waals surface area contributed by atoms with Crippen LogP contribution in [0, 0.1) is 5.82 Å². The number of allylic oxidation sites excluding steroid dienone is 2. The lowest BCUT2D eigenvalue weighted by Crippen LogP contribution is -2.03. The maximum Gasteiger partial charge on any atom is 0.356 e. The molecule has 0 fully saturated rings. The molecule has 0 aromatic heterocycles. The van der Waals surface area contributed by atoms with Crippen LogP contribution in [0.2, 0.25) is 5.02 Å². The van der Waals surface area contributed by atoms with Gasteiger partial charge >= 0.3 is 7.60 Å². The first-order chi connectivity index (χ1) is 12.1. The van der Waals surface area contributed by atoms with Crippen LogP contribution in [0.1, 0.15) is 31.1 Å². The summed E-state index contributed by atoms with van der Waals surface area (Å²) >= 11 is 6.07. The van der Waals surface area contributed by atoms with Gasteiger partial charge < -0.3 is 14.5 Å². The van der Waals surface area contributed by atoms with Crippen molar-refractivity contribution in [3.63, 3.8) is 0 Å². The number of rotatable bonds is 6.